The highest BCUT2D eigenvalue weighted by Gasteiger charge is 2.45. The third-order valence-corrected chi connectivity index (χ3v) is 5.28. The summed E-state index contributed by atoms with van der Waals surface area (Å²) >= 11 is 0. The van der Waals surface area contributed by atoms with E-state index in [4.69, 9.17) is 18.2 Å². The van der Waals surface area contributed by atoms with Gasteiger partial charge in [0.2, 0.25) is 0 Å². The van der Waals surface area contributed by atoms with Crippen molar-refractivity contribution in [3.63, 3.8) is 0 Å². The summed E-state index contributed by atoms with van der Waals surface area (Å²) in [6.07, 6.45) is 1.95. The van der Waals surface area contributed by atoms with Crippen molar-refractivity contribution in [2.45, 2.75) is 20.8 Å². The van der Waals surface area contributed by atoms with Gasteiger partial charge in [-0.3, -0.25) is 0 Å². The fraction of sp³-hybridized carbons (Fsp3) is 0.300. The van der Waals surface area contributed by atoms with Gasteiger partial charge in [0, 0.05) is 0 Å². The van der Waals surface area contributed by atoms with E-state index in [1.165, 1.54) is 0 Å². The van der Waals surface area contributed by atoms with Gasteiger partial charge >= 0.3 is 8.17 Å². The van der Waals surface area contributed by atoms with E-state index in [2.05, 4.69) is 5.48 Å². The van der Waals surface area contributed by atoms with Crippen molar-refractivity contribution in [1.82, 2.24) is 0 Å². The van der Waals surface area contributed by atoms with Gasteiger partial charge in [0.25, 0.3) is 0 Å². The zero-order valence-electron chi connectivity index (χ0n) is 15.5. The van der Waals surface area contributed by atoms with E-state index in [0.29, 0.717) is 25.5 Å². The van der Waals surface area contributed by atoms with Crippen LogP contribution in [0.15, 0.2) is 60.7 Å². The van der Waals surface area contributed by atoms with Crippen molar-refractivity contribution in [3.8, 4) is 0 Å². The lowest BCUT2D eigenvalue weighted by Crippen LogP contribution is -2.09. The van der Waals surface area contributed by atoms with Gasteiger partial charge in [0.15, 0.2) is 0 Å². The summed E-state index contributed by atoms with van der Waals surface area (Å²) in [5, 5.41) is 0. The first-order valence-electron chi connectivity index (χ1n) is 8.77. The summed E-state index contributed by atoms with van der Waals surface area (Å²) in [7, 11) is -2.98. The number of hydroxylamine groups is 1. The van der Waals surface area contributed by atoms with E-state index < -0.39 is 8.17 Å². The van der Waals surface area contributed by atoms with Crippen molar-refractivity contribution >= 4 is 19.9 Å². The maximum Gasteiger partial charge on any atom is 0.562 e. The number of hydrogen-bond acceptors (Lipinski definition) is 4. The first kappa shape index (κ1) is 20.6. The van der Waals surface area contributed by atoms with Gasteiger partial charge in [-0.1, -0.05) is 66.7 Å². The topological polar surface area (TPSA) is 51.0 Å². The van der Waals surface area contributed by atoms with E-state index in [1.807, 2.05) is 87.5 Å². The van der Waals surface area contributed by atoms with Gasteiger partial charge in [-0.25, -0.2) is 4.62 Å². The van der Waals surface area contributed by atoms with E-state index in [0.717, 1.165) is 11.1 Å². The molecular formula is C20H26NO4P. The monoisotopic (exact) mass is 375 g/mol. The van der Waals surface area contributed by atoms with E-state index >= 15 is 0 Å². The Hall–Kier alpha value is -1.75. The lowest BCUT2D eigenvalue weighted by atomic mass is 10.1. The molecule has 0 radical (unpaired) electrons. The predicted octanol–water partition coefficient (Wildman–Crippen LogP) is 6.28. The van der Waals surface area contributed by atoms with Crippen LogP contribution in [0.25, 0.3) is 17.3 Å². The molecule has 2 aromatic carbocycles. The molecule has 2 rings (SSSR count). The Kier molecular flexibility index (Phi) is 8.75. The molecule has 0 spiro atoms. The van der Waals surface area contributed by atoms with Crippen LogP contribution in [0.1, 0.15) is 31.9 Å². The quantitative estimate of drug-likeness (QED) is 0.264. The molecule has 0 amide bonds. The normalized spacial score (nSPS) is 12.2. The minimum atomic E-state index is -2.98. The van der Waals surface area contributed by atoms with Crippen LogP contribution in [0.2, 0.25) is 0 Å². The van der Waals surface area contributed by atoms with Crippen molar-refractivity contribution in [2.24, 2.45) is 0 Å². The maximum absolute atomic E-state index is 5.74. The van der Waals surface area contributed by atoms with E-state index in [9.17, 15) is 0 Å². The second-order valence-corrected chi connectivity index (χ2v) is 7.01. The average Bonchev–Trinajstić information content (AvgIpc) is 2.67. The van der Waals surface area contributed by atoms with Crippen LogP contribution in [0, 0.1) is 0 Å². The molecule has 0 aromatic heterocycles. The highest BCUT2D eigenvalue weighted by molar-refractivity contribution is 7.56. The van der Waals surface area contributed by atoms with Gasteiger partial charge in [0.1, 0.15) is 0 Å². The summed E-state index contributed by atoms with van der Waals surface area (Å²) in [4.78, 5) is 0. The molecule has 0 fully saturated rings. The fourth-order valence-electron chi connectivity index (χ4n) is 2.23. The molecule has 0 unspecified atom stereocenters. The molecule has 26 heavy (non-hydrogen) atoms. The molecular weight excluding hydrogens is 349 g/mol. The Bertz CT molecular complexity index is 647. The summed E-state index contributed by atoms with van der Waals surface area (Å²) in [5.41, 5.74) is 6.97. The molecule has 0 bridgehead atoms. The van der Waals surface area contributed by atoms with Crippen molar-refractivity contribution in [1.29, 1.82) is 0 Å². The van der Waals surface area contributed by atoms with Gasteiger partial charge in [-0.2, -0.15) is 13.6 Å². The van der Waals surface area contributed by atoms with Crippen LogP contribution >= 0.6 is 8.17 Å². The summed E-state index contributed by atoms with van der Waals surface area (Å²) < 4.78 is 22.8. The number of nitrogens with zero attached hydrogens (tertiary/aromatic N) is 1. The molecule has 0 N–H and O–H groups in total. The highest BCUT2D eigenvalue weighted by Crippen LogP contribution is 2.64. The minimum Gasteiger partial charge on any atom is -0.512 e. The Morgan fingerprint density at radius 3 is 1.81 bits per heavy atom. The first-order valence-corrected chi connectivity index (χ1v) is 10.2. The lowest BCUT2D eigenvalue weighted by Gasteiger charge is -2.29. The lowest BCUT2D eigenvalue weighted by molar-refractivity contribution is 0.0832. The Labute approximate surface area is 156 Å². The second kappa shape index (κ2) is 11.1. The summed E-state index contributed by atoms with van der Waals surface area (Å²) in [5.74, 6) is 0. The van der Waals surface area contributed by atoms with Crippen molar-refractivity contribution in [2.75, 3.05) is 19.8 Å². The zero-order valence-corrected chi connectivity index (χ0v) is 16.4. The van der Waals surface area contributed by atoms with Gasteiger partial charge in [-0.15, -0.1) is 5.70 Å². The van der Waals surface area contributed by atoms with Crippen LogP contribution < -0.4 is 0 Å². The second-order valence-electron chi connectivity index (χ2n) is 5.18. The third-order valence-electron chi connectivity index (χ3n) is 3.27. The van der Waals surface area contributed by atoms with Gasteiger partial charge < -0.3 is 5.48 Å². The molecule has 5 nitrogen and oxygen atoms in total. The molecule has 0 saturated heterocycles. The van der Waals surface area contributed by atoms with Crippen molar-refractivity contribution < 1.29 is 18.2 Å². The SMILES string of the molecule is CCO[P+](OCC)(OCC)O[N-]/C(=C/c1ccccc1)c1ccccc1. The molecule has 6 heteroatoms. The first-order chi connectivity index (χ1) is 12.7. The van der Waals surface area contributed by atoms with Crippen molar-refractivity contribution in [3.05, 3.63) is 77.3 Å². The van der Waals surface area contributed by atoms with E-state index in [1.54, 1.807) is 0 Å². The molecule has 0 aliphatic carbocycles. The Morgan fingerprint density at radius 2 is 1.31 bits per heavy atom. The molecule has 0 heterocycles. The zero-order chi connectivity index (χ0) is 18.7. The number of hydrogen-bond donors (Lipinski definition) is 0. The van der Waals surface area contributed by atoms with Gasteiger partial charge in [-0.05, 0) is 31.9 Å². The minimum absolute atomic E-state index is 0.409. The van der Waals surface area contributed by atoms with Gasteiger partial charge in [0.05, 0.1) is 19.8 Å². The number of benzene rings is 2. The smallest absolute Gasteiger partial charge is 0.512 e. The Balaban J connectivity index is 2.27. The van der Waals surface area contributed by atoms with Crippen LogP contribution in [-0.4, -0.2) is 19.8 Å². The molecule has 0 atom stereocenters. The average molecular weight is 375 g/mol. The number of rotatable bonds is 11. The summed E-state index contributed by atoms with van der Waals surface area (Å²) in [6.45, 7) is 6.83. The molecule has 140 valence electrons. The Morgan fingerprint density at radius 1 is 0.808 bits per heavy atom. The van der Waals surface area contributed by atoms with Crippen LogP contribution in [0.3, 0.4) is 0 Å². The van der Waals surface area contributed by atoms with Crippen LogP contribution in [0.4, 0.5) is 0 Å². The molecule has 0 aliphatic rings. The summed E-state index contributed by atoms with van der Waals surface area (Å²) in [6, 6.07) is 19.8. The predicted molar refractivity (Wildman–Crippen MR) is 107 cm³/mol. The fourth-order valence-corrected chi connectivity index (χ4v) is 3.73. The van der Waals surface area contributed by atoms with Crippen LogP contribution in [-0.2, 0) is 18.2 Å². The largest absolute Gasteiger partial charge is 0.562 e. The highest BCUT2D eigenvalue weighted by atomic mass is 31.2. The van der Waals surface area contributed by atoms with Crippen LogP contribution in [0.5, 0.6) is 0 Å². The third kappa shape index (κ3) is 6.20. The standard InChI is InChI=1S/C20H26NO4P/c1-4-22-26(23-5-2,24-6-3)25-21-20(19-15-11-8-12-16-19)17-18-13-9-7-10-14-18/h7-17H,4-6H2,1-3H3/b20-17+. The molecule has 0 aliphatic heterocycles. The van der Waals surface area contributed by atoms with E-state index in [-0.39, 0.29) is 0 Å². The maximum atomic E-state index is 5.74. The molecule has 0 saturated carbocycles. The molecule has 2 aromatic rings.